The van der Waals surface area contributed by atoms with Crippen LogP contribution in [0.25, 0.3) is 11.0 Å². The van der Waals surface area contributed by atoms with Crippen LogP contribution in [0.5, 0.6) is 5.75 Å². The summed E-state index contributed by atoms with van der Waals surface area (Å²) in [6, 6.07) is 12.6. The van der Waals surface area contributed by atoms with Gasteiger partial charge in [0.25, 0.3) is 0 Å². The first-order valence-electron chi connectivity index (χ1n) is 23.3. The molecule has 2 aliphatic rings. The van der Waals surface area contributed by atoms with E-state index in [2.05, 4.69) is 72.3 Å². The molecule has 2 fully saturated rings. The van der Waals surface area contributed by atoms with Gasteiger partial charge >= 0.3 is 13.8 Å². The molecule has 22 nitrogen and oxygen atoms in total. The highest BCUT2D eigenvalue weighted by Crippen LogP contribution is 2.44. The lowest BCUT2D eigenvalue weighted by molar-refractivity contribution is -0.271. The van der Waals surface area contributed by atoms with Gasteiger partial charge in [0.2, 0.25) is 24.1 Å². The Kier molecular flexibility index (Phi) is 19.3. The molecule has 0 aliphatic carbocycles. The summed E-state index contributed by atoms with van der Waals surface area (Å²) in [6.07, 6.45) is -3.40. The second-order valence-electron chi connectivity index (χ2n) is 17.3. The van der Waals surface area contributed by atoms with Crippen LogP contribution in [0.2, 0.25) is 0 Å². The number of anilines is 3. The Bertz CT molecular complexity index is 2420. The average molecular weight is 984 g/mol. The van der Waals surface area contributed by atoms with Gasteiger partial charge in [-0.3, -0.25) is 28.4 Å². The molecule has 69 heavy (non-hydrogen) atoms. The first-order valence-corrected chi connectivity index (χ1v) is 24.8. The summed E-state index contributed by atoms with van der Waals surface area (Å²) in [5.41, 5.74) is 11.6. The van der Waals surface area contributed by atoms with Crippen molar-refractivity contribution in [1.82, 2.24) is 29.7 Å². The molecule has 0 saturated carbocycles. The molecule has 378 valence electrons. The Morgan fingerprint density at radius 3 is 2.35 bits per heavy atom. The number of aromatic nitrogens is 3. The fourth-order valence-corrected chi connectivity index (χ4v) is 8.77. The summed E-state index contributed by atoms with van der Waals surface area (Å²) in [5, 5.41) is 49.0. The Labute approximate surface area is 400 Å². The van der Waals surface area contributed by atoms with E-state index in [1.165, 1.54) is 34.9 Å². The number of nitrogens with one attached hydrogen (secondary N) is 3. The van der Waals surface area contributed by atoms with Crippen LogP contribution in [0.15, 0.2) is 48.7 Å². The van der Waals surface area contributed by atoms with E-state index >= 15 is 0 Å². The number of fused-ring (bicyclic) bond motifs is 1. The van der Waals surface area contributed by atoms with Gasteiger partial charge in [-0.05, 0) is 60.2 Å². The van der Waals surface area contributed by atoms with Gasteiger partial charge in [-0.25, -0.2) is 14.3 Å². The summed E-state index contributed by atoms with van der Waals surface area (Å²) in [7, 11) is -4.56. The number of nitrogens with zero attached hydrogens (tertiary/aromatic N) is 5. The van der Waals surface area contributed by atoms with Gasteiger partial charge < -0.3 is 61.0 Å². The predicted molar refractivity (Wildman–Crippen MR) is 255 cm³/mol. The molecule has 2 saturated heterocycles. The maximum absolute atomic E-state index is 13.0. The fraction of sp³-hybridized carbons (Fsp3) is 0.543. The SMILES string of the molecule is CCCCCNc1nc(N)nc2ccn(Cc3ccc(CN4CCN(CCOP(=O)(O)OCc5ccc(O[C@@H]6O[C@H](C(=O)O)[C@@H](O)[C@H](O)[C@H]6O)c(NC(=O)CCNC(=O)CCC)c5)CC4)cc3C)c12. The van der Waals surface area contributed by atoms with Crippen molar-refractivity contribution in [3.8, 4) is 5.75 Å². The number of aliphatic hydroxyl groups is 3. The number of aryl methyl sites for hydroxylation is 1. The lowest BCUT2D eigenvalue weighted by Crippen LogP contribution is -2.61. The molecule has 6 rings (SSSR count). The second-order valence-corrected chi connectivity index (χ2v) is 18.7. The number of hydrogen-bond donors (Lipinski definition) is 9. The number of aliphatic hydroxyl groups excluding tert-OH is 3. The number of aliphatic carboxylic acids is 1. The molecule has 0 radical (unpaired) electrons. The van der Waals surface area contributed by atoms with Gasteiger partial charge in [-0.1, -0.05) is 51.0 Å². The molecule has 2 amide bonds. The third kappa shape index (κ3) is 15.1. The molecule has 10 N–H and O–H groups in total. The van der Waals surface area contributed by atoms with Gasteiger partial charge in [-0.2, -0.15) is 4.98 Å². The minimum atomic E-state index is -4.56. The quantitative estimate of drug-likeness (QED) is 0.0341. The number of nitrogens with two attached hydrogens (primary N) is 1. The molecule has 1 unspecified atom stereocenters. The van der Waals surface area contributed by atoms with E-state index in [0.29, 0.717) is 19.5 Å². The summed E-state index contributed by atoms with van der Waals surface area (Å²) in [4.78, 5) is 60.5. The van der Waals surface area contributed by atoms with Crippen molar-refractivity contribution in [2.75, 3.05) is 68.8 Å². The maximum Gasteiger partial charge on any atom is 0.472 e. The smallest absolute Gasteiger partial charge is 0.472 e. The number of nitrogen functional groups attached to an aromatic ring is 1. The number of hydrogen-bond acceptors (Lipinski definition) is 17. The maximum atomic E-state index is 13.0. The Morgan fingerprint density at radius 1 is 0.870 bits per heavy atom. The van der Waals surface area contributed by atoms with Crippen molar-refractivity contribution >= 4 is 54.1 Å². The van der Waals surface area contributed by atoms with E-state index in [4.69, 9.17) is 24.3 Å². The van der Waals surface area contributed by atoms with E-state index in [1.54, 1.807) is 0 Å². The van der Waals surface area contributed by atoms with Crippen LogP contribution >= 0.6 is 7.82 Å². The van der Waals surface area contributed by atoms with E-state index in [-0.39, 0.29) is 54.8 Å². The second kappa shape index (κ2) is 25.0. The van der Waals surface area contributed by atoms with E-state index in [1.807, 2.05) is 19.2 Å². The zero-order valence-electron chi connectivity index (χ0n) is 39.3. The predicted octanol–water partition coefficient (Wildman–Crippen LogP) is 2.94. The number of rotatable bonds is 25. The zero-order chi connectivity index (χ0) is 49.7. The van der Waals surface area contributed by atoms with E-state index in [9.17, 15) is 44.3 Å². The summed E-state index contributed by atoms with van der Waals surface area (Å²) in [6.45, 7) is 11.3. The minimum absolute atomic E-state index is 0.0227. The van der Waals surface area contributed by atoms with Crippen LogP contribution in [-0.2, 0) is 52.4 Å². The standard InChI is InChI=1S/C46H66N9O13P/c1-4-6-7-15-49-43-38-33(51-46(47)52-43)14-17-55(38)27-32-11-9-30(24-29(32)3)26-54-20-18-53(19-21-54)22-23-65-69(63,64)66-28-31-10-12-35(34(25-31)50-37(57)13-16-48-36(56)8-5-2)67-45-41(60)39(58)40(59)42(68-45)44(61)62/h9-12,14,17,24-25,39-42,45,58-60H,4-8,13,15-16,18-23,26-28H2,1-3H3,(H,48,56)(H,50,57)(H,61,62)(H,63,64)(H3,47,49,51,52)/t39-,40-,41+,42-,45+/m0/s1. The lowest BCUT2D eigenvalue weighted by atomic mass is 9.99. The number of phosphoric ester groups is 1. The molecular formula is C46H66N9O13P. The van der Waals surface area contributed by atoms with Crippen molar-refractivity contribution in [2.45, 2.75) is 110 Å². The van der Waals surface area contributed by atoms with Crippen LogP contribution in [-0.4, -0.2) is 151 Å². The highest BCUT2D eigenvalue weighted by molar-refractivity contribution is 7.47. The monoisotopic (exact) mass is 983 g/mol. The number of carboxylic acid groups (broad SMARTS) is 1. The summed E-state index contributed by atoms with van der Waals surface area (Å²) in [5.74, 6) is -1.56. The van der Waals surface area contributed by atoms with Crippen molar-refractivity contribution in [3.05, 3.63) is 70.9 Å². The van der Waals surface area contributed by atoms with Crippen molar-refractivity contribution in [1.29, 1.82) is 0 Å². The van der Waals surface area contributed by atoms with Crippen LogP contribution < -0.4 is 26.4 Å². The molecule has 6 atom stereocenters. The Morgan fingerprint density at radius 2 is 1.62 bits per heavy atom. The highest BCUT2D eigenvalue weighted by Gasteiger charge is 2.48. The number of carboxylic acids is 1. The van der Waals surface area contributed by atoms with Gasteiger partial charge in [0, 0.05) is 77.9 Å². The van der Waals surface area contributed by atoms with E-state index in [0.717, 1.165) is 75.4 Å². The molecule has 2 aliphatic heterocycles. The van der Waals surface area contributed by atoms with E-state index < -0.39 is 57.0 Å². The third-order valence-corrected chi connectivity index (χ3v) is 12.9. The van der Waals surface area contributed by atoms with Crippen LogP contribution in [0.1, 0.15) is 74.6 Å². The molecule has 23 heteroatoms. The lowest BCUT2D eigenvalue weighted by Gasteiger charge is -2.38. The normalized spacial score (nSPS) is 20.9. The Hall–Kier alpha value is -5.26. The van der Waals surface area contributed by atoms with Gasteiger partial charge in [-0.15, -0.1) is 0 Å². The molecule has 4 heterocycles. The average Bonchev–Trinajstić information content (AvgIpc) is 3.71. The number of piperazine rings is 1. The fourth-order valence-electron chi connectivity index (χ4n) is 8.07. The van der Waals surface area contributed by atoms with Gasteiger partial charge in [0.05, 0.1) is 24.4 Å². The topological polar surface area (TPSA) is 306 Å². The highest BCUT2D eigenvalue weighted by atomic mass is 31.2. The molecule has 0 spiro atoms. The summed E-state index contributed by atoms with van der Waals surface area (Å²) >= 11 is 0. The Balaban J connectivity index is 0.974. The first kappa shape index (κ1) is 53.1. The minimum Gasteiger partial charge on any atom is -0.479 e. The molecule has 0 bridgehead atoms. The van der Waals surface area contributed by atoms with Crippen molar-refractivity contribution < 1.29 is 62.8 Å². The van der Waals surface area contributed by atoms with Crippen molar-refractivity contribution in [3.63, 3.8) is 0 Å². The first-order chi connectivity index (χ1) is 33.0. The number of amides is 2. The number of phosphoric acid groups is 1. The van der Waals surface area contributed by atoms with Gasteiger partial charge in [0.1, 0.15) is 29.6 Å². The molecule has 2 aromatic carbocycles. The molecular weight excluding hydrogens is 918 g/mol. The number of carbonyl (C=O) groups excluding carboxylic acids is 2. The number of ether oxygens (including phenoxy) is 2. The zero-order valence-corrected chi connectivity index (χ0v) is 40.2. The van der Waals surface area contributed by atoms with Gasteiger partial charge in [0.15, 0.2) is 11.9 Å². The van der Waals surface area contributed by atoms with Crippen LogP contribution in [0, 0.1) is 6.92 Å². The number of benzene rings is 2. The van der Waals surface area contributed by atoms with Crippen molar-refractivity contribution in [2.24, 2.45) is 0 Å². The number of carbonyl (C=O) groups is 3. The third-order valence-electron chi connectivity index (χ3n) is 11.9. The summed E-state index contributed by atoms with van der Waals surface area (Å²) < 4.78 is 36.7. The molecule has 4 aromatic rings. The molecule has 2 aromatic heterocycles. The number of unbranched alkanes of at least 4 members (excludes halogenated alkanes) is 2. The largest absolute Gasteiger partial charge is 0.479 e. The van der Waals surface area contributed by atoms with Crippen LogP contribution in [0.4, 0.5) is 17.5 Å². The van der Waals surface area contributed by atoms with Crippen LogP contribution in [0.3, 0.4) is 0 Å².